The van der Waals surface area contributed by atoms with Crippen LogP contribution in [0.15, 0.2) is 22.9 Å². The first kappa shape index (κ1) is 12.5. The number of carbonyl (C=O) groups is 1. The number of halogens is 1. The maximum atomic E-state index is 12.2. The van der Waals surface area contributed by atoms with Gasteiger partial charge < -0.3 is 10.2 Å². The van der Waals surface area contributed by atoms with E-state index in [9.17, 15) is 4.79 Å². The Morgan fingerprint density at radius 1 is 1.47 bits per heavy atom. The largest absolute Gasteiger partial charge is 0.339 e. The molecule has 0 aliphatic carbocycles. The molecule has 2 rings (SSSR count). The van der Waals surface area contributed by atoms with Crippen molar-refractivity contribution in [2.75, 3.05) is 20.1 Å². The molecule has 0 atom stereocenters. The van der Waals surface area contributed by atoms with Crippen LogP contribution in [0.4, 0.5) is 0 Å². The average Bonchev–Trinajstić information content (AvgIpc) is 2.38. The first-order valence-corrected chi connectivity index (χ1v) is 6.56. The minimum absolute atomic E-state index is 0.0469. The van der Waals surface area contributed by atoms with Crippen LogP contribution < -0.4 is 5.32 Å². The smallest absolute Gasteiger partial charge is 0.255 e. The van der Waals surface area contributed by atoms with Crippen LogP contribution in [-0.4, -0.2) is 42.0 Å². The van der Waals surface area contributed by atoms with Crippen molar-refractivity contribution >= 4 is 21.8 Å². The monoisotopic (exact) mass is 297 g/mol. The second-order valence-corrected chi connectivity index (χ2v) is 5.20. The molecule has 4 nitrogen and oxygen atoms in total. The van der Waals surface area contributed by atoms with Crippen LogP contribution >= 0.6 is 15.9 Å². The van der Waals surface area contributed by atoms with Crippen LogP contribution in [0.5, 0.6) is 0 Å². The average molecular weight is 298 g/mol. The number of aromatic nitrogens is 1. The molecule has 0 aromatic carbocycles. The Morgan fingerprint density at radius 3 is 2.82 bits per heavy atom. The topological polar surface area (TPSA) is 45.2 Å². The first-order chi connectivity index (χ1) is 8.18. The van der Waals surface area contributed by atoms with E-state index < -0.39 is 0 Å². The molecule has 0 spiro atoms. The number of nitrogens with zero attached hydrogens (tertiary/aromatic N) is 2. The summed E-state index contributed by atoms with van der Waals surface area (Å²) in [5, 5.41) is 3.30. The molecule has 1 saturated heterocycles. The third-order valence-electron chi connectivity index (χ3n) is 3.13. The summed E-state index contributed by atoms with van der Waals surface area (Å²) in [5.74, 6) is 0.0469. The fourth-order valence-electron chi connectivity index (χ4n) is 2.09. The van der Waals surface area contributed by atoms with Crippen LogP contribution in [0.2, 0.25) is 0 Å². The second-order valence-electron chi connectivity index (χ2n) is 4.29. The van der Waals surface area contributed by atoms with Gasteiger partial charge >= 0.3 is 0 Å². The molecular formula is C12H16BrN3O. The molecule has 1 fully saturated rings. The molecule has 0 saturated carbocycles. The predicted molar refractivity (Wildman–Crippen MR) is 69.9 cm³/mol. The van der Waals surface area contributed by atoms with Crippen molar-refractivity contribution in [3.63, 3.8) is 0 Å². The van der Waals surface area contributed by atoms with Crippen LogP contribution in [-0.2, 0) is 0 Å². The van der Waals surface area contributed by atoms with E-state index in [-0.39, 0.29) is 5.91 Å². The van der Waals surface area contributed by atoms with Gasteiger partial charge in [0.15, 0.2) is 0 Å². The number of amides is 1. The molecule has 2 heterocycles. The molecule has 17 heavy (non-hydrogen) atoms. The zero-order valence-corrected chi connectivity index (χ0v) is 11.4. The number of pyridine rings is 1. The van der Waals surface area contributed by atoms with Gasteiger partial charge in [-0.05, 0) is 47.9 Å². The van der Waals surface area contributed by atoms with Crippen molar-refractivity contribution in [2.45, 2.75) is 18.9 Å². The summed E-state index contributed by atoms with van der Waals surface area (Å²) in [6, 6.07) is 2.15. The van der Waals surface area contributed by atoms with Gasteiger partial charge in [0.2, 0.25) is 0 Å². The van der Waals surface area contributed by atoms with E-state index in [1.54, 1.807) is 12.4 Å². The molecular weight excluding hydrogens is 282 g/mol. The van der Waals surface area contributed by atoms with Crippen molar-refractivity contribution in [1.29, 1.82) is 0 Å². The van der Waals surface area contributed by atoms with E-state index in [1.165, 1.54) is 0 Å². The van der Waals surface area contributed by atoms with E-state index in [0.717, 1.165) is 30.4 Å². The maximum Gasteiger partial charge on any atom is 0.255 e. The highest BCUT2D eigenvalue weighted by Crippen LogP contribution is 2.15. The van der Waals surface area contributed by atoms with E-state index in [0.29, 0.717) is 11.6 Å². The van der Waals surface area contributed by atoms with E-state index >= 15 is 0 Å². The van der Waals surface area contributed by atoms with Gasteiger partial charge in [-0.15, -0.1) is 0 Å². The molecule has 5 heteroatoms. The van der Waals surface area contributed by atoms with E-state index in [4.69, 9.17) is 0 Å². The Bertz CT molecular complexity index is 404. The Morgan fingerprint density at radius 2 is 2.18 bits per heavy atom. The first-order valence-electron chi connectivity index (χ1n) is 5.77. The van der Waals surface area contributed by atoms with Crippen LogP contribution in [0, 0.1) is 0 Å². The Hall–Kier alpha value is -0.940. The minimum Gasteiger partial charge on any atom is -0.339 e. The fraction of sp³-hybridized carbons (Fsp3) is 0.500. The summed E-state index contributed by atoms with van der Waals surface area (Å²) >= 11 is 3.33. The van der Waals surface area contributed by atoms with Crippen molar-refractivity contribution in [3.05, 3.63) is 28.5 Å². The second kappa shape index (κ2) is 5.60. The molecule has 0 radical (unpaired) electrons. The number of piperidine rings is 1. The summed E-state index contributed by atoms with van der Waals surface area (Å²) in [4.78, 5) is 18.1. The Kier molecular flexibility index (Phi) is 4.12. The molecule has 1 N–H and O–H groups in total. The molecule has 1 amide bonds. The molecule has 92 valence electrons. The van der Waals surface area contributed by atoms with Gasteiger partial charge in [0, 0.05) is 30.0 Å². The molecule has 0 unspecified atom stereocenters. The highest BCUT2D eigenvalue weighted by atomic mass is 79.9. The highest BCUT2D eigenvalue weighted by molar-refractivity contribution is 9.10. The van der Waals surface area contributed by atoms with Gasteiger partial charge in [0.25, 0.3) is 5.91 Å². The highest BCUT2D eigenvalue weighted by Gasteiger charge is 2.22. The SMILES string of the molecule is CN(C(=O)c1cncc(Br)c1)C1CCNCC1. The van der Waals surface area contributed by atoms with E-state index in [1.807, 2.05) is 18.0 Å². The van der Waals surface area contributed by atoms with Crippen molar-refractivity contribution in [1.82, 2.24) is 15.2 Å². The quantitative estimate of drug-likeness (QED) is 0.903. The number of rotatable bonds is 2. The zero-order valence-electron chi connectivity index (χ0n) is 9.82. The number of carbonyl (C=O) groups excluding carboxylic acids is 1. The lowest BCUT2D eigenvalue weighted by Crippen LogP contribution is -2.43. The van der Waals surface area contributed by atoms with Crippen molar-refractivity contribution < 1.29 is 4.79 Å². The third-order valence-corrected chi connectivity index (χ3v) is 3.56. The van der Waals surface area contributed by atoms with E-state index in [2.05, 4.69) is 26.2 Å². The zero-order chi connectivity index (χ0) is 12.3. The van der Waals surface area contributed by atoms with Crippen LogP contribution in [0.1, 0.15) is 23.2 Å². The number of hydrogen-bond acceptors (Lipinski definition) is 3. The standard InChI is InChI=1S/C12H16BrN3O/c1-16(11-2-4-14-5-3-11)12(17)9-6-10(13)8-15-7-9/h6-8,11,14H,2-5H2,1H3. The van der Waals surface area contributed by atoms with Crippen LogP contribution in [0.3, 0.4) is 0 Å². The molecule has 0 bridgehead atoms. The summed E-state index contributed by atoms with van der Waals surface area (Å²) in [5.41, 5.74) is 0.639. The van der Waals surface area contributed by atoms with Gasteiger partial charge in [-0.3, -0.25) is 9.78 Å². The van der Waals surface area contributed by atoms with Gasteiger partial charge in [-0.1, -0.05) is 0 Å². The van der Waals surface area contributed by atoms with Crippen molar-refractivity contribution in [2.24, 2.45) is 0 Å². The summed E-state index contributed by atoms with van der Waals surface area (Å²) in [6.07, 6.45) is 5.33. The van der Waals surface area contributed by atoms with Gasteiger partial charge in [0.1, 0.15) is 0 Å². The lowest BCUT2D eigenvalue weighted by molar-refractivity contribution is 0.0702. The van der Waals surface area contributed by atoms with Gasteiger partial charge in [0.05, 0.1) is 5.56 Å². The lowest BCUT2D eigenvalue weighted by atomic mass is 10.0. The Labute approximate surface area is 110 Å². The molecule has 1 aliphatic heterocycles. The summed E-state index contributed by atoms with van der Waals surface area (Å²) < 4.78 is 0.835. The molecule has 1 aromatic heterocycles. The number of hydrogen-bond donors (Lipinski definition) is 1. The molecule has 1 aliphatic rings. The minimum atomic E-state index is 0.0469. The Balaban J connectivity index is 2.08. The maximum absolute atomic E-state index is 12.2. The summed E-state index contributed by atoms with van der Waals surface area (Å²) in [7, 11) is 1.87. The van der Waals surface area contributed by atoms with Gasteiger partial charge in [-0.25, -0.2) is 0 Å². The predicted octanol–water partition coefficient (Wildman–Crippen LogP) is 1.67. The van der Waals surface area contributed by atoms with Gasteiger partial charge in [-0.2, -0.15) is 0 Å². The van der Waals surface area contributed by atoms with Crippen molar-refractivity contribution in [3.8, 4) is 0 Å². The normalized spacial score (nSPS) is 16.8. The van der Waals surface area contributed by atoms with Crippen LogP contribution in [0.25, 0.3) is 0 Å². The lowest BCUT2D eigenvalue weighted by Gasteiger charge is -2.31. The fourth-order valence-corrected chi connectivity index (χ4v) is 2.46. The molecule has 1 aromatic rings. The third kappa shape index (κ3) is 3.04. The summed E-state index contributed by atoms with van der Waals surface area (Å²) in [6.45, 7) is 1.97. The number of nitrogens with one attached hydrogen (secondary N) is 1.